The van der Waals surface area contributed by atoms with Crippen LogP contribution >= 0.6 is 22.9 Å². The van der Waals surface area contributed by atoms with E-state index in [1.807, 2.05) is 24.3 Å². The number of carbonyl (C=O) groups excluding carboxylic acids is 2. The molecule has 138 valence electrons. The zero-order valence-corrected chi connectivity index (χ0v) is 16.1. The lowest BCUT2D eigenvalue weighted by atomic mass is 10.2. The quantitative estimate of drug-likeness (QED) is 0.299. The molecule has 0 aliphatic rings. The third-order valence-corrected chi connectivity index (χ3v) is 5.24. The summed E-state index contributed by atoms with van der Waals surface area (Å²) in [4.78, 5) is 23.8. The maximum absolute atomic E-state index is 12.3. The Morgan fingerprint density at radius 2 is 1.96 bits per heavy atom. The number of thiophene rings is 1. The number of hydrogen-bond donors (Lipinski definition) is 1. The third kappa shape index (κ3) is 4.27. The summed E-state index contributed by atoms with van der Waals surface area (Å²) in [6.45, 7) is 1.31. The number of ether oxygens (including phenoxy) is 2. The van der Waals surface area contributed by atoms with Gasteiger partial charge in [0, 0.05) is 17.0 Å². The molecule has 1 aromatic heterocycles. The van der Waals surface area contributed by atoms with Gasteiger partial charge in [0.05, 0.1) is 18.3 Å². The average molecular weight is 403 g/mol. The van der Waals surface area contributed by atoms with E-state index in [0.717, 1.165) is 10.1 Å². The molecule has 1 N–H and O–H groups in total. The monoisotopic (exact) mass is 402 g/mol. The minimum absolute atomic E-state index is 0.309. The van der Waals surface area contributed by atoms with Gasteiger partial charge in [-0.2, -0.15) is 5.10 Å². The molecule has 0 spiro atoms. The second kappa shape index (κ2) is 8.20. The Hall–Kier alpha value is -2.90. The lowest BCUT2D eigenvalue weighted by Gasteiger charge is -2.08. The predicted molar refractivity (Wildman–Crippen MR) is 106 cm³/mol. The zero-order valence-electron chi connectivity index (χ0n) is 14.5. The number of halogens is 1. The minimum atomic E-state index is -0.442. The molecule has 3 rings (SSSR count). The van der Waals surface area contributed by atoms with E-state index in [0.29, 0.717) is 27.0 Å². The van der Waals surface area contributed by atoms with E-state index in [4.69, 9.17) is 21.1 Å². The fourth-order valence-corrected chi connectivity index (χ4v) is 3.79. The van der Waals surface area contributed by atoms with Gasteiger partial charge in [0.25, 0.3) is 5.91 Å². The van der Waals surface area contributed by atoms with Crippen LogP contribution in [0.5, 0.6) is 11.5 Å². The number of nitrogens with zero attached hydrogens (tertiary/aromatic N) is 1. The number of methoxy groups -OCH3 is 1. The number of fused-ring (bicyclic) bond motifs is 1. The van der Waals surface area contributed by atoms with Gasteiger partial charge in [-0.25, -0.2) is 5.43 Å². The van der Waals surface area contributed by atoms with Crippen LogP contribution in [0.1, 0.15) is 22.2 Å². The number of hydrogen-bond acceptors (Lipinski definition) is 6. The number of hydrazone groups is 1. The van der Waals surface area contributed by atoms with Crippen LogP contribution in [-0.2, 0) is 4.79 Å². The van der Waals surface area contributed by atoms with Gasteiger partial charge in [0.2, 0.25) is 0 Å². The molecular formula is C19H15ClN2O4S. The van der Waals surface area contributed by atoms with Crippen LogP contribution < -0.4 is 14.9 Å². The van der Waals surface area contributed by atoms with Crippen molar-refractivity contribution < 1.29 is 19.1 Å². The van der Waals surface area contributed by atoms with Crippen LogP contribution in [0.4, 0.5) is 0 Å². The summed E-state index contributed by atoms with van der Waals surface area (Å²) >= 11 is 7.59. The number of amides is 1. The van der Waals surface area contributed by atoms with Crippen molar-refractivity contribution in [2.45, 2.75) is 6.92 Å². The molecule has 0 bridgehead atoms. The van der Waals surface area contributed by atoms with Crippen LogP contribution in [0.15, 0.2) is 47.6 Å². The second-order valence-corrected chi connectivity index (χ2v) is 6.87. The highest BCUT2D eigenvalue weighted by Gasteiger charge is 2.16. The van der Waals surface area contributed by atoms with Crippen LogP contribution in [0.3, 0.4) is 0 Å². The third-order valence-electron chi connectivity index (χ3n) is 3.56. The molecule has 1 heterocycles. The molecule has 1 amide bonds. The van der Waals surface area contributed by atoms with E-state index < -0.39 is 5.97 Å². The van der Waals surface area contributed by atoms with Crippen LogP contribution in [0.25, 0.3) is 10.1 Å². The van der Waals surface area contributed by atoms with E-state index in [2.05, 4.69) is 10.5 Å². The number of esters is 1. The number of rotatable bonds is 5. The molecule has 0 saturated heterocycles. The summed E-state index contributed by atoms with van der Waals surface area (Å²) < 4.78 is 11.2. The topological polar surface area (TPSA) is 77.0 Å². The molecule has 2 aromatic carbocycles. The predicted octanol–water partition coefficient (Wildman–Crippen LogP) is 4.25. The maximum Gasteiger partial charge on any atom is 0.308 e. The molecule has 0 aliphatic heterocycles. The Morgan fingerprint density at radius 3 is 2.67 bits per heavy atom. The highest BCUT2D eigenvalue weighted by Crippen LogP contribution is 2.35. The Kier molecular flexibility index (Phi) is 5.73. The number of nitrogens with one attached hydrogen (secondary N) is 1. The molecular weight excluding hydrogens is 388 g/mol. The lowest BCUT2D eigenvalue weighted by molar-refractivity contribution is -0.132. The van der Waals surface area contributed by atoms with Crippen molar-refractivity contribution in [3.05, 3.63) is 57.9 Å². The minimum Gasteiger partial charge on any atom is -0.493 e. The first kappa shape index (κ1) is 18.9. The first-order valence-electron chi connectivity index (χ1n) is 7.86. The number of carbonyl (C=O) groups is 2. The van der Waals surface area contributed by atoms with Gasteiger partial charge in [-0.1, -0.05) is 29.8 Å². The first-order chi connectivity index (χ1) is 13.0. The summed E-state index contributed by atoms with van der Waals surface area (Å²) in [5, 5.41) is 5.21. The molecule has 0 fully saturated rings. The van der Waals surface area contributed by atoms with Crippen LogP contribution in [-0.4, -0.2) is 25.2 Å². The maximum atomic E-state index is 12.3. The number of benzene rings is 2. The van der Waals surface area contributed by atoms with Crippen LogP contribution in [0, 0.1) is 0 Å². The second-order valence-electron chi connectivity index (χ2n) is 5.44. The Balaban J connectivity index is 1.73. The molecule has 0 unspecified atom stereocenters. The summed E-state index contributed by atoms with van der Waals surface area (Å²) in [6, 6.07) is 12.4. The molecule has 0 atom stereocenters. The largest absolute Gasteiger partial charge is 0.493 e. The Morgan fingerprint density at radius 1 is 1.19 bits per heavy atom. The van der Waals surface area contributed by atoms with Crippen molar-refractivity contribution in [3.63, 3.8) is 0 Å². The van der Waals surface area contributed by atoms with Gasteiger partial charge in [0.15, 0.2) is 11.5 Å². The standard InChI is InChI=1S/C19H15ClN2O4S/c1-11(23)26-14-8-7-12(9-15(14)25-2)10-21-22-19(24)18-17(20)13-5-3-4-6-16(13)27-18/h3-10H,1-2H3,(H,22,24). The Labute approximate surface area is 164 Å². The van der Waals surface area contributed by atoms with Crippen molar-refractivity contribution in [1.82, 2.24) is 5.43 Å². The highest BCUT2D eigenvalue weighted by atomic mass is 35.5. The highest BCUT2D eigenvalue weighted by molar-refractivity contribution is 7.21. The summed E-state index contributed by atoms with van der Waals surface area (Å²) in [7, 11) is 1.47. The average Bonchev–Trinajstić information content (AvgIpc) is 2.99. The molecule has 27 heavy (non-hydrogen) atoms. The summed E-state index contributed by atoms with van der Waals surface area (Å²) in [6.07, 6.45) is 1.46. The molecule has 3 aromatic rings. The SMILES string of the molecule is COc1cc(C=NNC(=O)c2sc3ccccc3c2Cl)ccc1OC(C)=O. The van der Waals surface area contributed by atoms with E-state index in [1.165, 1.54) is 31.6 Å². The first-order valence-corrected chi connectivity index (χ1v) is 9.06. The molecule has 6 nitrogen and oxygen atoms in total. The summed E-state index contributed by atoms with van der Waals surface area (Å²) in [5.41, 5.74) is 3.12. The molecule has 8 heteroatoms. The Bertz CT molecular complexity index is 1050. The van der Waals surface area contributed by atoms with Crippen molar-refractivity contribution in [2.24, 2.45) is 5.10 Å². The molecule has 0 aliphatic carbocycles. The lowest BCUT2D eigenvalue weighted by Crippen LogP contribution is -2.16. The van der Waals surface area contributed by atoms with Crippen molar-refractivity contribution in [3.8, 4) is 11.5 Å². The molecule has 0 radical (unpaired) electrons. The van der Waals surface area contributed by atoms with E-state index in [9.17, 15) is 9.59 Å². The van der Waals surface area contributed by atoms with E-state index in [-0.39, 0.29) is 5.91 Å². The smallest absolute Gasteiger partial charge is 0.308 e. The van der Waals surface area contributed by atoms with Gasteiger partial charge < -0.3 is 9.47 Å². The van der Waals surface area contributed by atoms with Gasteiger partial charge in [-0.05, 0) is 29.8 Å². The van der Waals surface area contributed by atoms with E-state index in [1.54, 1.807) is 18.2 Å². The van der Waals surface area contributed by atoms with Crippen molar-refractivity contribution >= 4 is 51.1 Å². The molecule has 0 saturated carbocycles. The van der Waals surface area contributed by atoms with Crippen LogP contribution in [0.2, 0.25) is 5.02 Å². The van der Waals surface area contributed by atoms with E-state index >= 15 is 0 Å². The van der Waals surface area contributed by atoms with Gasteiger partial charge in [-0.3, -0.25) is 9.59 Å². The fourth-order valence-electron chi connectivity index (χ4n) is 2.38. The fraction of sp³-hybridized carbons (Fsp3) is 0.105. The van der Waals surface area contributed by atoms with Gasteiger partial charge >= 0.3 is 5.97 Å². The summed E-state index contributed by atoms with van der Waals surface area (Å²) in [5.74, 6) is -0.139. The van der Waals surface area contributed by atoms with Crippen molar-refractivity contribution in [2.75, 3.05) is 7.11 Å². The van der Waals surface area contributed by atoms with Gasteiger partial charge in [-0.15, -0.1) is 11.3 Å². The normalized spacial score (nSPS) is 10.9. The zero-order chi connectivity index (χ0) is 19.4. The van der Waals surface area contributed by atoms with Gasteiger partial charge in [0.1, 0.15) is 4.88 Å². The van der Waals surface area contributed by atoms with Crippen molar-refractivity contribution in [1.29, 1.82) is 0 Å².